The molecule has 2 unspecified atom stereocenters. The number of nitrogens with zero attached hydrogens (tertiary/aromatic N) is 4. The summed E-state index contributed by atoms with van der Waals surface area (Å²) in [6.45, 7) is 1.88. The molecule has 10 heteroatoms. The van der Waals surface area contributed by atoms with Crippen molar-refractivity contribution in [3.05, 3.63) is 65.6 Å². The van der Waals surface area contributed by atoms with E-state index in [1.165, 1.54) is 0 Å². The molecule has 4 aromatic heterocycles. The number of rotatable bonds is 4. The summed E-state index contributed by atoms with van der Waals surface area (Å²) >= 11 is 6.57. The van der Waals surface area contributed by atoms with Crippen molar-refractivity contribution in [1.82, 2.24) is 24.1 Å². The highest BCUT2D eigenvalue weighted by Gasteiger charge is 2.43. The van der Waals surface area contributed by atoms with Gasteiger partial charge in [0.25, 0.3) is 0 Å². The molecule has 2 atom stereocenters. The second-order valence-electron chi connectivity index (χ2n) is 8.19. The first-order chi connectivity index (χ1) is 15.9. The third-order valence-corrected chi connectivity index (χ3v) is 6.35. The number of carbonyl (C=O) groups excluding carboxylic acids is 1. The van der Waals surface area contributed by atoms with Crippen LogP contribution in [0.5, 0.6) is 0 Å². The smallest absolute Gasteiger partial charge is 0.231 e. The van der Waals surface area contributed by atoms with Crippen LogP contribution in [0.2, 0.25) is 5.02 Å². The standard InChI is InChI=1S/C23H17ClF2N6O/c1-11-3-2-6-32(11)22-20(26)19(24)18(14-8-27-30-21(14)22)12-4-5-17-28-16(10-31(17)9-12)29-23(33)13-7-15(13)25/h2-6,8-10,13,15H,7H2,1H3,(H,27,30)(H,29,33). The van der Waals surface area contributed by atoms with Gasteiger partial charge in [-0.15, -0.1) is 0 Å². The predicted molar refractivity (Wildman–Crippen MR) is 121 cm³/mol. The molecule has 1 fully saturated rings. The zero-order chi connectivity index (χ0) is 22.9. The summed E-state index contributed by atoms with van der Waals surface area (Å²) in [6, 6.07) is 7.23. The van der Waals surface area contributed by atoms with Gasteiger partial charge in [-0.05, 0) is 37.6 Å². The van der Waals surface area contributed by atoms with Crippen LogP contribution in [0.3, 0.4) is 0 Å². The molecule has 166 valence electrons. The number of pyridine rings is 1. The molecule has 0 radical (unpaired) electrons. The van der Waals surface area contributed by atoms with Crippen molar-refractivity contribution in [1.29, 1.82) is 0 Å². The lowest BCUT2D eigenvalue weighted by Crippen LogP contribution is -2.15. The Morgan fingerprint density at radius 1 is 1.30 bits per heavy atom. The minimum atomic E-state index is -1.08. The van der Waals surface area contributed by atoms with Crippen LogP contribution in [0.25, 0.3) is 33.4 Å². The van der Waals surface area contributed by atoms with E-state index in [0.29, 0.717) is 39.2 Å². The fourth-order valence-electron chi connectivity index (χ4n) is 4.18. The molecule has 1 aromatic carbocycles. The maximum Gasteiger partial charge on any atom is 0.231 e. The second-order valence-corrected chi connectivity index (χ2v) is 8.56. The van der Waals surface area contributed by atoms with E-state index in [0.717, 1.165) is 5.69 Å². The Morgan fingerprint density at radius 3 is 2.85 bits per heavy atom. The van der Waals surface area contributed by atoms with Gasteiger partial charge in [-0.3, -0.25) is 9.89 Å². The number of fused-ring (bicyclic) bond motifs is 2. The molecule has 2 N–H and O–H groups in total. The van der Waals surface area contributed by atoms with Crippen LogP contribution < -0.4 is 5.32 Å². The summed E-state index contributed by atoms with van der Waals surface area (Å²) in [5, 5.41) is 10.3. The number of anilines is 1. The summed E-state index contributed by atoms with van der Waals surface area (Å²) in [4.78, 5) is 16.4. The second kappa shape index (κ2) is 7.14. The zero-order valence-corrected chi connectivity index (χ0v) is 18.1. The molecule has 7 nitrogen and oxygen atoms in total. The minimum Gasteiger partial charge on any atom is -0.317 e. The number of imidazole rings is 1. The molecule has 1 aliphatic rings. The summed E-state index contributed by atoms with van der Waals surface area (Å²) in [5.74, 6) is -1.23. The molecule has 0 saturated heterocycles. The van der Waals surface area contributed by atoms with Crippen molar-refractivity contribution in [2.45, 2.75) is 19.5 Å². The molecule has 0 bridgehead atoms. The van der Waals surface area contributed by atoms with Gasteiger partial charge in [0.05, 0.1) is 28.9 Å². The number of aromatic nitrogens is 5. The van der Waals surface area contributed by atoms with Crippen LogP contribution in [0, 0.1) is 18.7 Å². The molecule has 0 aliphatic heterocycles. The van der Waals surface area contributed by atoms with E-state index in [-0.39, 0.29) is 17.4 Å². The van der Waals surface area contributed by atoms with Crippen molar-refractivity contribution in [2.24, 2.45) is 5.92 Å². The average molecular weight is 467 g/mol. The molecule has 6 rings (SSSR count). The van der Waals surface area contributed by atoms with Gasteiger partial charge in [0, 0.05) is 34.6 Å². The van der Waals surface area contributed by atoms with E-state index >= 15 is 4.39 Å². The molecular formula is C23H17ClF2N6O. The fraction of sp³-hybridized carbons (Fsp3) is 0.174. The molecule has 1 amide bonds. The van der Waals surface area contributed by atoms with E-state index < -0.39 is 17.9 Å². The number of hydrogen-bond acceptors (Lipinski definition) is 3. The van der Waals surface area contributed by atoms with E-state index in [2.05, 4.69) is 20.5 Å². The number of alkyl halides is 1. The third-order valence-electron chi connectivity index (χ3n) is 6.00. The molecule has 4 heterocycles. The fourth-order valence-corrected chi connectivity index (χ4v) is 4.48. The maximum atomic E-state index is 15.6. The summed E-state index contributed by atoms with van der Waals surface area (Å²) in [6.07, 6.45) is 5.92. The Hall–Kier alpha value is -3.72. The molecule has 33 heavy (non-hydrogen) atoms. The monoisotopic (exact) mass is 466 g/mol. The van der Waals surface area contributed by atoms with Crippen LogP contribution in [0.4, 0.5) is 14.6 Å². The number of carbonyl (C=O) groups is 1. The van der Waals surface area contributed by atoms with E-state index in [4.69, 9.17) is 11.6 Å². The number of amides is 1. The summed E-state index contributed by atoms with van der Waals surface area (Å²) in [5.41, 5.74) is 3.39. The SMILES string of the molecule is Cc1cccn1-c1c(F)c(Cl)c(-c2ccc3nc(NC(=O)C4CC4F)cn3c2)c2cn[nH]c12. The average Bonchev–Trinajstić information content (AvgIpc) is 3.16. The topological polar surface area (TPSA) is 80.0 Å². The molecular weight excluding hydrogens is 450 g/mol. The number of halogens is 3. The number of H-pyrrole nitrogens is 1. The first-order valence-electron chi connectivity index (χ1n) is 10.3. The lowest BCUT2D eigenvalue weighted by molar-refractivity contribution is -0.117. The van der Waals surface area contributed by atoms with Crippen LogP contribution in [-0.2, 0) is 4.79 Å². The van der Waals surface area contributed by atoms with E-state index in [1.807, 2.05) is 19.1 Å². The number of nitrogens with one attached hydrogen (secondary N) is 2. The van der Waals surface area contributed by atoms with Crippen molar-refractivity contribution in [3.8, 4) is 16.8 Å². The molecule has 1 aliphatic carbocycles. The van der Waals surface area contributed by atoms with Crippen molar-refractivity contribution >= 4 is 39.9 Å². The Balaban J connectivity index is 1.46. The highest BCUT2D eigenvalue weighted by Crippen LogP contribution is 2.41. The maximum absolute atomic E-state index is 15.6. The van der Waals surface area contributed by atoms with Gasteiger partial charge in [-0.25, -0.2) is 13.8 Å². The highest BCUT2D eigenvalue weighted by molar-refractivity contribution is 6.35. The molecule has 0 spiro atoms. The van der Waals surface area contributed by atoms with Crippen molar-refractivity contribution < 1.29 is 13.6 Å². The first kappa shape index (κ1) is 19.9. The lowest BCUT2D eigenvalue weighted by atomic mass is 10.0. The first-order valence-corrected chi connectivity index (χ1v) is 10.7. The van der Waals surface area contributed by atoms with Gasteiger partial charge >= 0.3 is 0 Å². The Labute approximate surface area is 191 Å². The van der Waals surface area contributed by atoms with Gasteiger partial charge in [-0.1, -0.05) is 11.6 Å². The number of aromatic amines is 1. The van der Waals surface area contributed by atoms with Gasteiger partial charge < -0.3 is 14.3 Å². The van der Waals surface area contributed by atoms with Crippen molar-refractivity contribution in [3.63, 3.8) is 0 Å². The quantitative estimate of drug-likeness (QED) is 0.388. The molecule has 1 saturated carbocycles. The Bertz CT molecular complexity index is 1570. The number of aryl methyl sites for hydroxylation is 1. The van der Waals surface area contributed by atoms with E-state index in [9.17, 15) is 9.18 Å². The predicted octanol–water partition coefficient (Wildman–Crippen LogP) is 5.07. The van der Waals surface area contributed by atoms with Crippen LogP contribution >= 0.6 is 11.6 Å². The Morgan fingerprint density at radius 2 is 2.12 bits per heavy atom. The van der Waals surface area contributed by atoms with E-state index in [1.54, 1.807) is 45.9 Å². The third kappa shape index (κ3) is 3.11. The largest absolute Gasteiger partial charge is 0.317 e. The van der Waals surface area contributed by atoms with Gasteiger partial charge in [-0.2, -0.15) is 5.10 Å². The number of hydrogen-bond donors (Lipinski definition) is 2. The normalized spacial score (nSPS) is 17.7. The van der Waals surface area contributed by atoms with Gasteiger partial charge in [0.15, 0.2) is 11.6 Å². The number of benzene rings is 1. The van der Waals surface area contributed by atoms with Crippen molar-refractivity contribution in [2.75, 3.05) is 5.32 Å². The Kier molecular flexibility index (Phi) is 4.31. The lowest BCUT2D eigenvalue weighted by Gasteiger charge is -2.14. The van der Waals surface area contributed by atoms with Gasteiger partial charge in [0.1, 0.15) is 17.5 Å². The van der Waals surface area contributed by atoms with Crippen LogP contribution in [0.15, 0.2) is 49.1 Å². The summed E-state index contributed by atoms with van der Waals surface area (Å²) < 4.78 is 32.1. The van der Waals surface area contributed by atoms with Crippen LogP contribution in [0.1, 0.15) is 12.1 Å². The zero-order valence-electron chi connectivity index (χ0n) is 17.3. The summed E-state index contributed by atoms with van der Waals surface area (Å²) in [7, 11) is 0. The van der Waals surface area contributed by atoms with Crippen LogP contribution in [-0.4, -0.2) is 36.2 Å². The molecule has 5 aromatic rings. The highest BCUT2D eigenvalue weighted by atomic mass is 35.5. The van der Waals surface area contributed by atoms with Gasteiger partial charge in [0.2, 0.25) is 5.91 Å². The minimum absolute atomic E-state index is 0.0253.